The molecule has 1 aliphatic carbocycles. The zero-order valence-electron chi connectivity index (χ0n) is 18.1. The fraction of sp³-hybridized carbons (Fsp3) is 0.222. The summed E-state index contributed by atoms with van der Waals surface area (Å²) in [4.78, 5) is 40.8. The topological polar surface area (TPSA) is 72.5 Å². The van der Waals surface area contributed by atoms with Gasteiger partial charge >= 0.3 is 5.97 Å². The van der Waals surface area contributed by atoms with Gasteiger partial charge in [-0.15, -0.1) is 0 Å². The Kier molecular flexibility index (Phi) is 4.35. The fourth-order valence-corrected chi connectivity index (χ4v) is 5.13. The first-order chi connectivity index (χ1) is 15.3. The number of hydrogen-bond acceptors (Lipinski definition) is 4. The number of aryl methyl sites for hydroxylation is 2. The molecular weight excluding hydrogens is 402 g/mol. The molecule has 0 spiro atoms. The number of amides is 1. The van der Waals surface area contributed by atoms with Crippen molar-refractivity contribution in [3.05, 3.63) is 95.1 Å². The van der Waals surface area contributed by atoms with Crippen LogP contribution >= 0.6 is 0 Å². The highest BCUT2D eigenvalue weighted by atomic mass is 16.5. The summed E-state index contributed by atoms with van der Waals surface area (Å²) in [5.41, 5.74) is 0.925. The predicted octanol–water partition coefficient (Wildman–Crippen LogP) is 4.83. The smallest absolute Gasteiger partial charge is 0.328 e. The largest absolute Gasteiger partial charge is 0.425 e. The quantitative estimate of drug-likeness (QED) is 0.281. The van der Waals surface area contributed by atoms with E-state index in [1.807, 2.05) is 50.2 Å². The van der Waals surface area contributed by atoms with E-state index in [1.54, 1.807) is 43.3 Å². The van der Waals surface area contributed by atoms with Crippen molar-refractivity contribution in [1.29, 1.82) is 0 Å². The Morgan fingerprint density at radius 3 is 2.12 bits per heavy atom. The molecule has 5 heteroatoms. The van der Waals surface area contributed by atoms with Gasteiger partial charge in [0.05, 0.1) is 5.41 Å². The van der Waals surface area contributed by atoms with Gasteiger partial charge in [0.15, 0.2) is 11.2 Å². The van der Waals surface area contributed by atoms with Gasteiger partial charge in [0.2, 0.25) is 5.91 Å². The van der Waals surface area contributed by atoms with E-state index in [1.165, 1.54) is 0 Å². The van der Waals surface area contributed by atoms with E-state index in [-0.39, 0.29) is 5.78 Å². The van der Waals surface area contributed by atoms with Gasteiger partial charge in [-0.25, -0.2) is 0 Å². The second kappa shape index (κ2) is 6.89. The molecule has 0 saturated heterocycles. The van der Waals surface area contributed by atoms with Crippen LogP contribution in [0, 0.1) is 24.7 Å². The third-order valence-electron chi connectivity index (χ3n) is 6.95. The summed E-state index contributed by atoms with van der Waals surface area (Å²) in [6, 6.07) is 21.6. The lowest BCUT2D eigenvalue weighted by Crippen LogP contribution is -2.42. The number of fused-ring (bicyclic) bond motifs is 3. The molecule has 1 N–H and O–H groups in total. The molecular formula is C27H23NO4. The summed E-state index contributed by atoms with van der Waals surface area (Å²) >= 11 is 0. The van der Waals surface area contributed by atoms with Crippen molar-refractivity contribution in [1.82, 2.24) is 0 Å². The maximum Gasteiger partial charge on any atom is 0.328 e. The minimum Gasteiger partial charge on any atom is -0.425 e. The number of ketones is 1. The number of benzene rings is 3. The molecule has 0 radical (unpaired) electrons. The number of rotatable bonds is 4. The first-order valence-corrected chi connectivity index (χ1v) is 10.6. The molecule has 3 aromatic carbocycles. The van der Waals surface area contributed by atoms with Crippen LogP contribution < -0.4 is 10.1 Å². The molecule has 1 fully saturated rings. The molecule has 1 saturated carbocycles. The van der Waals surface area contributed by atoms with Gasteiger partial charge in [-0.3, -0.25) is 14.4 Å². The number of anilines is 1. The standard InChI is InChI=1S/C27H23NO4/c1-16-8-12-18(13-9-16)23(29)26(3)22-20-6-4-5-7-21(20)32-25(31)27(22,26)24(30)28-19-14-10-17(2)11-15-19/h4-15,22H,1-3H3,(H,28,30). The van der Waals surface area contributed by atoms with E-state index in [2.05, 4.69) is 5.32 Å². The monoisotopic (exact) mass is 425 g/mol. The van der Waals surface area contributed by atoms with Crippen molar-refractivity contribution in [2.45, 2.75) is 26.7 Å². The van der Waals surface area contributed by atoms with Gasteiger partial charge in [-0.2, -0.15) is 0 Å². The fourth-order valence-electron chi connectivity index (χ4n) is 5.13. The van der Waals surface area contributed by atoms with E-state index in [0.717, 1.165) is 11.1 Å². The summed E-state index contributed by atoms with van der Waals surface area (Å²) in [6.45, 7) is 5.60. The van der Waals surface area contributed by atoms with E-state index in [4.69, 9.17) is 4.74 Å². The molecule has 0 aromatic heterocycles. The first kappa shape index (κ1) is 20.2. The molecule has 0 bridgehead atoms. The molecule has 5 nitrogen and oxygen atoms in total. The van der Waals surface area contributed by atoms with Crippen LogP contribution in [0.25, 0.3) is 0 Å². The number of carbonyl (C=O) groups excluding carboxylic acids is 3. The summed E-state index contributed by atoms with van der Waals surface area (Å²) in [5, 5.41) is 2.86. The number of Topliss-reactive ketones (excluding diaryl/α,β-unsaturated/α-hetero) is 1. The summed E-state index contributed by atoms with van der Waals surface area (Å²) in [5.74, 6) is -1.65. The summed E-state index contributed by atoms with van der Waals surface area (Å²) < 4.78 is 5.62. The van der Waals surface area contributed by atoms with Gasteiger partial charge in [0.25, 0.3) is 0 Å². The molecule has 1 aliphatic heterocycles. The zero-order valence-corrected chi connectivity index (χ0v) is 18.1. The van der Waals surface area contributed by atoms with E-state index >= 15 is 0 Å². The van der Waals surface area contributed by atoms with Crippen molar-refractivity contribution < 1.29 is 19.1 Å². The Balaban J connectivity index is 1.62. The Morgan fingerprint density at radius 1 is 0.875 bits per heavy atom. The zero-order chi connectivity index (χ0) is 22.7. The summed E-state index contributed by atoms with van der Waals surface area (Å²) in [7, 11) is 0. The molecule has 5 rings (SSSR count). The number of esters is 1. The summed E-state index contributed by atoms with van der Waals surface area (Å²) in [6.07, 6.45) is 0. The average molecular weight is 425 g/mol. The van der Waals surface area contributed by atoms with Gasteiger partial charge in [-0.05, 0) is 39.0 Å². The van der Waals surface area contributed by atoms with Crippen molar-refractivity contribution in [3.63, 3.8) is 0 Å². The van der Waals surface area contributed by atoms with Gasteiger partial charge in [0.1, 0.15) is 5.75 Å². The highest BCUT2D eigenvalue weighted by molar-refractivity contribution is 6.23. The van der Waals surface area contributed by atoms with Crippen molar-refractivity contribution in [3.8, 4) is 5.75 Å². The van der Waals surface area contributed by atoms with Gasteiger partial charge < -0.3 is 10.1 Å². The first-order valence-electron chi connectivity index (χ1n) is 10.6. The van der Waals surface area contributed by atoms with Gasteiger partial charge in [0, 0.05) is 22.7 Å². The maximum atomic E-state index is 13.8. The number of hydrogen-bond donors (Lipinski definition) is 1. The van der Waals surface area contributed by atoms with Crippen LogP contribution in [0.15, 0.2) is 72.8 Å². The van der Waals surface area contributed by atoms with Crippen LogP contribution in [0.5, 0.6) is 5.75 Å². The van der Waals surface area contributed by atoms with Crippen LogP contribution in [-0.4, -0.2) is 17.7 Å². The van der Waals surface area contributed by atoms with Crippen molar-refractivity contribution in [2.75, 3.05) is 5.32 Å². The Morgan fingerprint density at radius 2 is 1.47 bits per heavy atom. The minimum atomic E-state index is -1.63. The number of ether oxygens (including phenoxy) is 1. The van der Waals surface area contributed by atoms with Crippen LogP contribution in [0.1, 0.15) is 39.9 Å². The Bertz CT molecular complexity index is 1260. The Labute approximate surface area is 186 Å². The maximum absolute atomic E-state index is 13.8. The normalized spacial score (nSPS) is 25.2. The molecule has 3 atom stereocenters. The highest BCUT2D eigenvalue weighted by Gasteiger charge is 2.88. The van der Waals surface area contributed by atoms with Crippen molar-refractivity contribution >= 4 is 23.3 Å². The van der Waals surface area contributed by atoms with Crippen LogP contribution in [-0.2, 0) is 9.59 Å². The van der Waals surface area contributed by atoms with E-state index in [9.17, 15) is 14.4 Å². The van der Waals surface area contributed by atoms with E-state index < -0.39 is 28.6 Å². The SMILES string of the molecule is Cc1ccc(NC(=O)C23C(=O)Oc4ccccc4C2C3(C)C(=O)c2ccc(C)cc2)cc1. The lowest BCUT2D eigenvalue weighted by Gasteiger charge is -2.23. The number of para-hydroxylation sites is 1. The molecule has 1 amide bonds. The third kappa shape index (κ3) is 2.60. The second-order valence-corrected chi connectivity index (χ2v) is 8.89. The second-order valence-electron chi connectivity index (χ2n) is 8.89. The Hall–Kier alpha value is -3.73. The van der Waals surface area contributed by atoms with Gasteiger partial charge in [-0.1, -0.05) is 65.7 Å². The number of carbonyl (C=O) groups is 3. The highest BCUT2D eigenvalue weighted by Crippen LogP contribution is 2.78. The average Bonchev–Trinajstić information content (AvgIpc) is 3.39. The van der Waals surface area contributed by atoms with Crippen LogP contribution in [0.2, 0.25) is 0 Å². The molecule has 3 unspecified atom stereocenters. The lowest BCUT2D eigenvalue weighted by atomic mass is 9.86. The molecule has 1 heterocycles. The third-order valence-corrected chi connectivity index (χ3v) is 6.95. The molecule has 32 heavy (non-hydrogen) atoms. The van der Waals surface area contributed by atoms with Crippen molar-refractivity contribution in [2.24, 2.45) is 10.8 Å². The van der Waals surface area contributed by atoms with E-state index in [0.29, 0.717) is 22.6 Å². The minimum absolute atomic E-state index is 0.241. The number of nitrogens with one attached hydrogen (secondary N) is 1. The molecule has 160 valence electrons. The lowest BCUT2D eigenvalue weighted by molar-refractivity contribution is -0.147. The predicted molar refractivity (Wildman–Crippen MR) is 121 cm³/mol. The molecule has 2 aliphatic rings. The van der Waals surface area contributed by atoms with Crippen LogP contribution in [0.3, 0.4) is 0 Å². The molecule has 3 aromatic rings. The van der Waals surface area contributed by atoms with Crippen LogP contribution in [0.4, 0.5) is 5.69 Å².